The molecule has 3 aromatic rings. The zero-order chi connectivity index (χ0) is 35.3. The lowest BCUT2D eigenvalue weighted by molar-refractivity contribution is -0.210. The van der Waals surface area contributed by atoms with Gasteiger partial charge in [-0.15, -0.1) is 22.0 Å². The fraction of sp³-hybridized carbons (Fsp3) is 0.568. The summed E-state index contributed by atoms with van der Waals surface area (Å²) < 4.78 is 21.2. The number of nitrogens with zero attached hydrogens (tertiary/aromatic N) is 5. The van der Waals surface area contributed by atoms with Gasteiger partial charge in [0.1, 0.15) is 16.7 Å². The maximum absolute atomic E-state index is 14.8. The van der Waals surface area contributed by atoms with E-state index < -0.39 is 14.1 Å². The van der Waals surface area contributed by atoms with Gasteiger partial charge < -0.3 is 20.0 Å². The number of amides is 1. The molecule has 0 radical (unpaired) electrons. The van der Waals surface area contributed by atoms with Crippen LogP contribution >= 0.6 is 23.4 Å². The van der Waals surface area contributed by atoms with Crippen LogP contribution in [0.5, 0.6) is 0 Å². The number of pyridine rings is 1. The summed E-state index contributed by atoms with van der Waals surface area (Å²) in [6, 6.07) is 10.7. The first-order valence-electron chi connectivity index (χ1n) is 17.8. The number of hydrogen-bond acceptors (Lipinski definition) is 9. The molecular formula is C37H49ClFN7O2SSi. The Balaban J connectivity index is 0.997. The number of thioether (sulfide) groups is 1. The molecule has 2 N–H and O–H groups in total. The van der Waals surface area contributed by atoms with E-state index in [1.807, 2.05) is 12.1 Å². The highest BCUT2D eigenvalue weighted by molar-refractivity contribution is 7.99. The molecule has 5 fully saturated rings. The van der Waals surface area contributed by atoms with E-state index >= 15 is 0 Å². The Labute approximate surface area is 305 Å². The summed E-state index contributed by atoms with van der Waals surface area (Å²) in [6.45, 7) is 17.5. The maximum Gasteiger partial charge on any atom is 0.231 e. The number of hydrogen-bond donors (Lipinski definition) is 2. The maximum atomic E-state index is 14.8. The van der Waals surface area contributed by atoms with Crippen LogP contribution in [0.25, 0.3) is 11.3 Å². The lowest BCUT2D eigenvalue weighted by atomic mass is 9.34. The molecule has 50 heavy (non-hydrogen) atoms. The van der Waals surface area contributed by atoms with Crippen molar-refractivity contribution in [3.63, 3.8) is 0 Å². The van der Waals surface area contributed by atoms with Crippen molar-refractivity contribution in [1.82, 2.24) is 25.0 Å². The van der Waals surface area contributed by atoms with Crippen LogP contribution in [0, 0.1) is 16.6 Å². The van der Waals surface area contributed by atoms with E-state index in [4.69, 9.17) is 16.0 Å². The fourth-order valence-corrected chi connectivity index (χ4v) is 9.73. The summed E-state index contributed by atoms with van der Waals surface area (Å²) in [6.07, 6.45) is 7.29. The Bertz CT molecular complexity index is 1730. The van der Waals surface area contributed by atoms with Gasteiger partial charge in [-0.25, -0.2) is 9.37 Å². The third-order valence-corrected chi connectivity index (χ3v) is 17.2. The van der Waals surface area contributed by atoms with Gasteiger partial charge in [0.05, 0.1) is 16.8 Å². The lowest BCUT2D eigenvalue weighted by Gasteiger charge is -2.70. The molecule has 8 rings (SSSR count). The highest BCUT2D eigenvalue weighted by Crippen LogP contribution is 2.73. The number of halogens is 2. The van der Waals surface area contributed by atoms with Gasteiger partial charge in [-0.05, 0) is 86.0 Å². The van der Waals surface area contributed by atoms with Crippen LogP contribution in [0.3, 0.4) is 0 Å². The Morgan fingerprint density at radius 1 is 1.08 bits per heavy atom. The number of nitrogens with one attached hydrogen (secondary N) is 2. The van der Waals surface area contributed by atoms with E-state index in [-0.39, 0.29) is 21.9 Å². The Morgan fingerprint density at radius 3 is 2.52 bits per heavy atom. The largest absolute Gasteiger partial charge is 0.416 e. The summed E-state index contributed by atoms with van der Waals surface area (Å²) >= 11 is 7.74. The summed E-state index contributed by atoms with van der Waals surface area (Å²) in [5.41, 5.74) is 2.04. The van der Waals surface area contributed by atoms with Gasteiger partial charge in [-0.3, -0.25) is 9.69 Å². The smallest absolute Gasteiger partial charge is 0.231 e. The van der Waals surface area contributed by atoms with Crippen LogP contribution < -0.4 is 10.6 Å². The van der Waals surface area contributed by atoms with Crippen LogP contribution in [0.15, 0.2) is 47.6 Å². The second kappa shape index (κ2) is 13.7. The minimum Gasteiger partial charge on any atom is -0.416 e. The van der Waals surface area contributed by atoms with E-state index in [0.29, 0.717) is 45.0 Å². The molecule has 2 bridgehead atoms. The summed E-state index contributed by atoms with van der Waals surface area (Å²) in [7, 11) is -1.89. The standard InChI is InChI=1S/C37H49ClFN7O2SSi/c1-35(2,3)50(4,5)48-16-17-49-33-31(20-30(43-44-33)28-18-25(38)6-9-29(28)39)41-26-10-11-40-32(19-26)42-34(47)37-21-36(22-37,23-37)24-45-12-14-46(15-13-45)27-7-8-27/h6,9-11,18-20,27H,7-8,12-17,21-24H2,1-5H3,(H2,40,41,42,43,47). The molecule has 0 unspecified atom stereocenters. The van der Waals surface area contributed by atoms with E-state index in [1.165, 1.54) is 49.8 Å². The van der Waals surface area contributed by atoms with Gasteiger partial charge in [0.25, 0.3) is 0 Å². The number of aromatic nitrogens is 3. The highest BCUT2D eigenvalue weighted by Gasteiger charge is 2.71. The van der Waals surface area contributed by atoms with E-state index in [9.17, 15) is 9.18 Å². The minimum atomic E-state index is -1.89. The molecule has 3 heterocycles. The molecule has 4 aliphatic carbocycles. The van der Waals surface area contributed by atoms with Gasteiger partial charge in [-0.2, -0.15) is 0 Å². The molecule has 2 aromatic heterocycles. The normalized spacial score (nSPS) is 24.0. The molecule has 268 valence electrons. The quantitative estimate of drug-likeness (QED) is 0.103. The van der Waals surface area contributed by atoms with Crippen molar-refractivity contribution >= 4 is 54.8 Å². The molecule has 0 atom stereocenters. The second-order valence-corrected chi connectivity index (χ2v) is 22.7. The summed E-state index contributed by atoms with van der Waals surface area (Å²) in [5, 5.41) is 16.6. The van der Waals surface area contributed by atoms with Gasteiger partial charge in [0.15, 0.2) is 8.32 Å². The third kappa shape index (κ3) is 7.61. The number of benzene rings is 1. The monoisotopic (exact) mass is 737 g/mol. The van der Waals surface area contributed by atoms with Gasteiger partial charge in [0, 0.05) is 79.7 Å². The zero-order valence-electron chi connectivity index (χ0n) is 29.8. The van der Waals surface area contributed by atoms with Crippen LogP contribution in [0.4, 0.5) is 21.6 Å². The number of carbonyl (C=O) groups excluding carboxylic acids is 1. The molecule has 0 spiro atoms. The molecule has 1 amide bonds. The molecular weight excluding hydrogens is 689 g/mol. The first-order valence-corrected chi connectivity index (χ1v) is 22.1. The van der Waals surface area contributed by atoms with Crippen LogP contribution in [0.2, 0.25) is 23.2 Å². The van der Waals surface area contributed by atoms with Crippen molar-refractivity contribution in [2.24, 2.45) is 10.8 Å². The van der Waals surface area contributed by atoms with Crippen molar-refractivity contribution < 1.29 is 13.6 Å². The van der Waals surface area contributed by atoms with Gasteiger partial charge in [0.2, 0.25) is 5.91 Å². The van der Waals surface area contributed by atoms with Crippen LogP contribution in [-0.2, 0) is 9.22 Å². The van der Waals surface area contributed by atoms with Crippen molar-refractivity contribution in [2.75, 3.05) is 55.7 Å². The number of rotatable bonds is 13. The Morgan fingerprint density at radius 2 is 1.82 bits per heavy atom. The molecule has 4 saturated carbocycles. The minimum absolute atomic E-state index is 0.0600. The van der Waals surface area contributed by atoms with E-state index in [1.54, 1.807) is 18.3 Å². The SMILES string of the molecule is CC(C)(C)[Si](C)(C)OCCSc1nnc(-c2cc(Cl)ccc2F)cc1Nc1ccnc(NC(=O)C23CC(CN4CCN(C5CC5)CC4)(C2)C3)c1. The Kier molecular flexibility index (Phi) is 9.83. The summed E-state index contributed by atoms with van der Waals surface area (Å²) in [4.78, 5) is 23.2. The first kappa shape index (κ1) is 35.8. The molecule has 5 aliphatic rings. The first-order chi connectivity index (χ1) is 23.7. The lowest BCUT2D eigenvalue weighted by Crippen LogP contribution is -2.70. The molecule has 1 aliphatic heterocycles. The average Bonchev–Trinajstić information content (AvgIpc) is 3.88. The average molecular weight is 738 g/mol. The number of anilines is 3. The predicted octanol–water partition coefficient (Wildman–Crippen LogP) is 8.08. The second-order valence-electron chi connectivity index (χ2n) is 16.4. The Hall–Kier alpha value is -2.61. The fourth-order valence-electron chi connectivity index (χ4n) is 7.64. The van der Waals surface area contributed by atoms with Crippen molar-refractivity contribution in [1.29, 1.82) is 0 Å². The molecule has 1 aromatic carbocycles. The molecule has 1 saturated heterocycles. The number of piperazine rings is 1. The van der Waals surface area contributed by atoms with Crippen LogP contribution in [-0.4, -0.2) is 90.3 Å². The summed E-state index contributed by atoms with van der Waals surface area (Å²) in [5.74, 6) is 0.803. The molecule has 9 nitrogen and oxygen atoms in total. The highest BCUT2D eigenvalue weighted by atomic mass is 35.5. The number of carbonyl (C=O) groups is 1. The predicted molar refractivity (Wildman–Crippen MR) is 202 cm³/mol. The van der Waals surface area contributed by atoms with Crippen molar-refractivity contribution in [2.45, 2.75) is 82.1 Å². The van der Waals surface area contributed by atoms with Gasteiger partial charge in [-0.1, -0.05) is 32.4 Å². The van der Waals surface area contributed by atoms with Crippen molar-refractivity contribution in [3.8, 4) is 11.3 Å². The van der Waals surface area contributed by atoms with Gasteiger partial charge >= 0.3 is 0 Å². The zero-order valence-corrected chi connectivity index (χ0v) is 32.4. The van der Waals surface area contributed by atoms with E-state index in [0.717, 1.165) is 50.6 Å². The van der Waals surface area contributed by atoms with E-state index in [2.05, 4.69) is 69.5 Å². The molecule has 13 heteroatoms. The van der Waals surface area contributed by atoms with Crippen LogP contribution in [0.1, 0.15) is 52.9 Å². The topological polar surface area (TPSA) is 95.5 Å². The van der Waals surface area contributed by atoms with Crippen molar-refractivity contribution in [3.05, 3.63) is 53.4 Å². The third-order valence-electron chi connectivity index (χ3n) is 11.5.